The van der Waals surface area contributed by atoms with Gasteiger partial charge in [-0.25, -0.2) is 15.0 Å². The van der Waals surface area contributed by atoms with E-state index >= 15 is 0 Å². The van der Waals surface area contributed by atoms with Crippen LogP contribution in [-0.4, -0.2) is 71.7 Å². The summed E-state index contributed by atoms with van der Waals surface area (Å²) < 4.78 is 7.71. The van der Waals surface area contributed by atoms with E-state index in [-0.39, 0.29) is 5.91 Å². The first-order chi connectivity index (χ1) is 18.2. The lowest BCUT2D eigenvalue weighted by Crippen LogP contribution is -2.29. The van der Waals surface area contributed by atoms with Crippen molar-refractivity contribution in [2.75, 3.05) is 56.9 Å². The van der Waals surface area contributed by atoms with E-state index in [1.807, 2.05) is 57.2 Å². The third-order valence-corrected chi connectivity index (χ3v) is 6.27. The number of likely N-dealkylation sites (N-methyl/N-ethyl adjacent to an activating group) is 2. The number of ether oxygens (including phenoxy) is 1. The molecule has 1 aromatic carbocycles. The number of aryl methyl sites for hydroxylation is 2. The molecule has 3 aromatic heterocycles. The number of carbonyl (C=O) groups is 1. The van der Waals surface area contributed by atoms with Crippen molar-refractivity contribution in [2.24, 2.45) is 7.05 Å². The first-order valence-corrected chi connectivity index (χ1v) is 12.2. The molecule has 10 nitrogen and oxygen atoms in total. The van der Waals surface area contributed by atoms with Gasteiger partial charge in [0.25, 0.3) is 0 Å². The third kappa shape index (κ3) is 5.76. The van der Waals surface area contributed by atoms with Crippen molar-refractivity contribution in [3.05, 3.63) is 61.1 Å². The van der Waals surface area contributed by atoms with Crippen LogP contribution >= 0.6 is 0 Å². The van der Waals surface area contributed by atoms with Crippen molar-refractivity contribution in [3.8, 4) is 17.0 Å². The van der Waals surface area contributed by atoms with Crippen LogP contribution in [0.2, 0.25) is 0 Å². The Morgan fingerprint density at radius 1 is 1.16 bits per heavy atom. The second kappa shape index (κ2) is 11.3. The van der Waals surface area contributed by atoms with Crippen molar-refractivity contribution in [1.82, 2.24) is 24.4 Å². The van der Waals surface area contributed by atoms with Crippen LogP contribution < -0.4 is 20.3 Å². The fraction of sp³-hybridized carbons (Fsp3) is 0.286. The van der Waals surface area contributed by atoms with Gasteiger partial charge in [0, 0.05) is 62.8 Å². The Labute approximate surface area is 223 Å². The molecule has 2 N–H and O–H groups in total. The van der Waals surface area contributed by atoms with Gasteiger partial charge < -0.3 is 29.7 Å². The molecule has 4 rings (SSSR count). The van der Waals surface area contributed by atoms with E-state index in [2.05, 4.69) is 56.2 Å². The van der Waals surface area contributed by atoms with Crippen molar-refractivity contribution in [3.63, 3.8) is 0 Å². The number of carbonyl (C=O) groups excluding carboxylic acids is 1. The Hall–Kier alpha value is -4.44. The number of hydrogen-bond donors (Lipinski definition) is 2. The Morgan fingerprint density at radius 2 is 1.95 bits per heavy atom. The quantitative estimate of drug-likeness (QED) is 0.304. The lowest BCUT2D eigenvalue weighted by molar-refractivity contribution is -0.111. The van der Waals surface area contributed by atoms with E-state index in [1.165, 1.54) is 6.08 Å². The first kappa shape index (κ1) is 26.6. The SMILES string of the molecule is C=CC(=O)Nc1cc(Nc2nccc(-c3cnc4c(c3)c(C)cn4C)n2)c(OC)cc1N(C)CCN(C)C. The van der Waals surface area contributed by atoms with Gasteiger partial charge in [-0.3, -0.25) is 4.79 Å². The Kier molecular flexibility index (Phi) is 7.92. The summed E-state index contributed by atoms with van der Waals surface area (Å²) in [5.74, 6) is 0.673. The number of hydrogen-bond acceptors (Lipinski definition) is 8. The smallest absolute Gasteiger partial charge is 0.247 e. The number of amides is 1. The topological polar surface area (TPSA) is 100 Å². The first-order valence-electron chi connectivity index (χ1n) is 12.2. The highest BCUT2D eigenvalue weighted by molar-refractivity contribution is 6.02. The number of anilines is 4. The number of fused-ring (bicyclic) bond motifs is 1. The molecular weight excluding hydrogens is 480 g/mol. The highest BCUT2D eigenvalue weighted by Gasteiger charge is 2.17. The molecule has 0 unspecified atom stereocenters. The molecule has 0 aliphatic carbocycles. The zero-order chi connectivity index (χ0) is 27.4. The second-order valence-corrected chi connectivity index (χ2v) is 9.40. The molecule has 0 aliphatic heterocycles. The molecule has 0 saturated carbocycles. The van der Waals surface area contributed by atoms with Gasteiger partial charge in [-0.15, -0.1) is 0 Å². The van der Waals surface area contributed by atoms with Crippen LogP contribution in [0.3, 0.4) is 0 Å². The molecule has 0 bridgehead atoms. The van der Waals surface area contributed by atoms with Crippen LogP contribution in [0.5, 0.6) is 5.75 Å². The molecule has 198 valence electrons. The van der Waals surface area contributed by atoms with Crippen LogP contribution in [0.1, 0.15) is 5.56 Å². The molecule has 4 aromatic rings. The maximum Gasteiger partial charge on any atom is 0.247 e. The van der Waals surface area contributed by atoms with E-state index in [0.29, 0.717) is 23.1 Å². The van der Waals surface area contributed by atoms with Crippen LogP contribution in [0.4, 0.5) is 23.0 Å². The molecule has 10 heteroatoms. The molecular formula is C28H34N8O2. The molecule has 0 spiro atoms. The summed E-state index contributed by atoms with van der Waals surface area (Å²) in [6.45, 7) is 7.25. The van der Waals surface area contributed by atoms with Crippen LogP contribution in [0.15, 0.2) is 55.5 Å². The maximum absolute atomic E-state index is 12.2. The number of aromatic nitrogens is 4. The maximum atomic E-state index is 12.2. The van der Waals surface area contributed by atoms with Crippen LogP contribution in [-0.2, 0) is 11.8 Å². The lowest BCUT2D eigenvalue weighted by atomic mass is 10.1. The Bertz CT molecular complexity index is 1480. The predicted molar refractivity (Wildman–Crippen MR) is 153 cm³/mol. The average Bonchev–Trinajstić information content (AvgIpc) is 3.19. The standard InChI is InChI=1S/C28H34N8O2/c1-8-26(37)31-22-14-23(25(38-7)15-24(22)35(5)12-11-34(3)4)33-28-29-10-9-21(32-28)19-13-20-18(2)17-36(6)27(20)30-16-19/h8-10,13-17H,1,11-12H2,2-7H3,(H,31,37)(H,29,32,33). The van der Waals surface area contributed by atoms with Crippen LogP contribution in [0.25, 0.3) is 22.3 Å². The molecule has 0 saturated heterocycles. The molecule has 3 heterocycles. The fourth-order valence-electron chi connectivity index (χ4n) is 4.20. The van der Waals surface area contributed by atoms with Gasteiger partial charge in [0.2, 0.25) is 11.9 Å². The van der Waals surface area contributed by atoms with Crippen molar-refractivity contribution < 1.29 is 9.53 Å². The highest BCUT2D eigenvalue weighted by Crippen LogP contribution is 2.38. The van der Waals surface area contributed by atoms with E-state index in [4.69, 9.17) is 9.72 Å². The van der Waals surface area contributed by atoms with Crippen molar-refractivity contribution in [1.29, 1.82) is 0 Å². The van der Waals surface area contributed by atoms with Gasteiger partial charge in [0.05, 0.1) is 29.9 Å². The van der Waals surface area contributed by atoms with Gasteiger partial charge >= 0.3 is 0 Å². The number of benzene rings is 1. The summed E-state index contributed by atoms with van der Waals surface area (Å²) in [5, 5.41) is 7.25. The summed E-state index contributed by atoms with van der Waals surface area (Å²) in [5.41, 5.74) is 5.75. The number of rotatable bonds is 10. The number of nitrogens with zero attached hydrogens (tertiary/aromatic N) is 6. The average molecular weight is 515 g/mol. The number of pyridine rings is 1. The summed E-state index contributed by atoms with van der Waals surface area (Å²) >= 11 is 0. The monoisotopic (exact) mass is 514 g/mol. The predicted octanol–water partition coefficient (Wildman–Crippen LogP) is 4.21. The molecule has 1 amide bonds. The molecule has 38 heavy (non-hydrogen) atoms. The van der Waals surface area contributed by atoms with Gasteiger partial charge in [0.1, 0.15) is 11.4 Å². The largest absolute Gasteiger partial charge is 0.494 e. The van der Waals surface area contributed by atoms with E-state index in [1.54, 1.807) is 13.3 Å². The molecule has 0 aliphatic rings. The van der Waals surface area contributed by atoms with Gasteiger partial charge in [0.15, 0.2) is 0 Å². The van der Waals surface area contributed by atoms with Crippen molar-refractivity contribution >= 4 is 40.0 Å². The number of methoxy groups -OCH3 is 1. The third-order valence-electron chi connectivity index (χ3n) is 6.27. The second-order valence-electron chi connectivity index (χ2n) is 9.40. The molecule has 0 fully saturated rings. The fourth-order valence-corrected chi connectivity index (χ4v) is 4.20. The Morgan fingerprint density at radius 3 is 2.66 bits per heavy atom. The minimum absolute atomic E-state index is 0.305. The zero-order valence-electron chi connectivity index (χ0n) is 22.7. The summed E-state index contributed by atoms with van der Waals surface area (Å²) in [6.07, 6.45) is 6.82. The summed E-state index contributed by atoms with van der Waals surface area (Å²) in [6, 6.07) is 7.64. The Balaban J connectivity index is 1.69. The van der Waals surface area contributed by atoms with Gasteiger partial charge in [-0.2, -0.15) is 0 Å². The molecule has 0 atom stereocenters. The highest BCUT2D eigenvalue weighted by atomic mass is 16.5. The van der Waals surface area contributed by atoms with Gasteiger partial charge in [-0.05, 0) is 50.9 Å². The zero-order valence-corrected chi connectivity index (χ0v) is 22.7. The van der Waals surface area contributed by atoms with E-state index < -0.39 is 0 Å². The van der Waals surface area contributed by atoms with Crippen LogP contribution in [0, 0.1) is 6.92 Å². The minimum Gasteiger partial charge on any atom is -0.494 e. The van der Waals surface area contributed by atoms with Crippen molar-refractivity contribution in [2.45, 2.75) is 6.92 Å². The van der Waals surface area contributed by atoms with E-state index in [9.17, 15) is 4.79 Å². The normalized spacial score (nSPS) is 11.0. The summed E-state index contributed by atoms with van der Waals surface area (Å²) in [4.78, 5) is 30.2. The van der Waals surface area contributed by atoms with E-state index in [0.717, 1.165) is 46.6 Å². The molecule has 0 radical (unpaired) electrons. The van der Waals surface area contributed by atoms with Gasteiger partial charge in [-0.1, -0.05) is 6.58 Å². The summed E-state index contributed by atoms with van der Waals surface area (Å²) in [7, 11) is 9.60. The number of nitrogens with one attached hydrogen (secondary N) is 2. The minimum atomic E-state index is -0.305. The lowest BCUT2D eigenvalue weighted by Gasteiger charge is -2.26.